The first-order chi connectivity index (χ1) is 10.8. The zero-order valence-electron chi connectivity index (χ0n) is 11.7. The molecule has 0 radical (unpaired) electrons. The van der Waals surface area contributed by atoms with Crippen LogP contribution in [-0.4, -0.2) is 23.2 Å². The summed E-state index contributed by atoms with van der Waals surface area (Å²) >= 11 is 0. The van der Waals surface area contributed by atoms with E-state index in [1.807, 2.05) is 0 Å². The van der Waals surface area contributed by atoms with E-state index in [2.05, 4.69) is 11.3 Å². The van der Waals surface area contributed by atoms with E-state index >= 15 is 0 Å². The van der Waals surface area contributed by atoms with Crippen LogP contribution in [0, 0.1) is 0 Å². The van der Waals surface area contributed by atoms with Crippen LogP contribution in [-0.2, 0) is 20.5 Å². The number of hydrogen-bond donors (Lipinski definition) is 1. The van der Waals surface area contributed by atoms with E-state index in [0.29, 0.717) is 24.3 Å². The van der Waals surface area contributed by atoms with Crippen LogP contribution in [0.25, 0.3) is 0 Å². The first-order valence-electron chi connectivity index (χ1n) is 6.16. The molecular formula is C14H10F6O4. The quantitative estimate of drug-likeness (QED) is 0.494. The number of carbonyl (C=O) groups excluding carboxylic acids is 1. The van der Waals surface area contributed by atoms with Gasteiger partial charge in [0.05, 0.1) is 12.0 Å². The van der Waals surface area contributed by atoms with Gasteiger partial charge in [0.2, 0.25) is 6.10 Å². The summed E-state index contributed by atoms with van der Waals surface area (Å²) in [5, 5.41) is 8.51. The number of benzene rings is 1. The lowest BCUT2D eigenvalue weighted by Gasteiger charge is -2.21. The Kier molecular flexibility index (Phi) is 5.64. The van der Waals surface area contributed by atoms with Crippen molar-refractivity contribution in [2.24, 2.45) is 0 Å². The van der Waals surface area contributed by atoms with Crippen molar-refractivity contribution in [3.05, 3.63) is 47.5 Å². The number of halogens is 6. The van der Waals surface area contributed by atoms with Crippen molar-refractivity contribution in [3.8, 4) is 0 Å². The molecule has 0 bridgehead atoms. The summed E-state index contributed by atoms with van der Waals surface area (Å²) in [7, 11) is 0. The van der Waals surface area contributed by atoms with Gasteiger partial charge >= 0.3 is 24.3 Å². The Labute approximate surface area is 131 Å². The molecule has 10 heteroatoms. The molecule has 1 rings (SSSR count). The van der Waals surface area contributed by atoms with Crippen LogP contribution in [0.5, 0.6) is 0 Å². The summed E-state index contributed by atoms with van der Waals surface area (Å²) < 4.78 is 80.3. The van der Waals surface area contributed by atoms with Gasteiger partial charge in [-0.15, -0.1) is 0 Å². The molecule has 0 aliphatic carbocycles. The molecule has 4 nitrogen and oxygen atoms in total. The van der Waals surface area contributed by atoms with Crippen LogP contribution in [0.4, 0.5) is 26.3 Å². The molecule has 0 aliphatic rings. The van der Waals surface area contributed by atoms with E-state index in [1.54, 1.807) is 0 Å². The highest BCUT2D eigenvalue weighted by atomic mass is 19.4. The molecule has 1 aromatic rings. The molecular weight excluding hydrogens is 346 g/mol. The number of alkyl halides is 6. The van der Waals surface area contributed by atoms with Crippen molar-refractivity contribution >= 4 is 11.9 Å². The summed E-state index contributed by atoms with van der Waals surface area (Å²) in [6.45, 7) is 2.97. The number of esters is 1. The van der Waals surface area contributed by atoms with Gasteiger partial charge in [0.15, 0.2) is 0 Å². The maximum Gasteiger partial charge on any atom is 0.429 e. The number of aliphatic carboxylic acids is 1. The molecule has 0 amide bonds. The largest absolute Gasteiger partial charge is 0.478 e. The molecule has 1 unspecified atom stereocenters. The molecule has 0 aliphatic heterocycles. The number of ether oxygens (including phenoxy) is 1. The third-order valence-corrected chi connectivity index (χ3v) is 2.75. The normalized spacial score (nSPS) is 13.2. The van der Waals surface area contributed by atoms with E-state index < -0.39 is 53.5 Å². The number of carboxylic acid groups (broad SMARTS) is 1. The summed E-state index contributed by atoms with van der Waals surface area (Å²) in [4.78, 5) is 21.9. The Balaban J connectivity index is 3.00. The molecule has 132 valence electrons. The Hall–Kier alpha value is -2.52. The van der Waals surface area contributed by atoms with E-state index in [9.17, 15) is 35.9 Å². The zero-order valence-corrected chi connectivity index (χ0v) is 11.7. The molecule has 0 saturated carbocycles. The number of carboxylic acids is 1. The fourth-order valence-electron chi connectivity index (χ4n) is 1.59. The highest BCUT2D eigenvalue weighted by Crippen LogP contribution is 2.37. The summed E-state index contributed by atoms with van der Waals surface area (Å²) in [6.07, 6.45) is -13.7. The average molecular weight is 356 g/mol. The van der Waals surface area contributed by atoms with Gasteiger partial charge in [0.25, 0.3) is 0 Å². The number of rotatable bonds is 5. The summed E-state index contributed by atoms with van der Waals surface area (Å²) in [5.41, 5.74) is -2.59. The lowest BCUT2D eigenvalue weighted by molar-refractivity contribution is -0.223. The first-order valence-corrected chi connectivity index (χ1v) is 6.16. The van der Waals surface area contributed by atoms with Gasteiger partial charge in [-0.3, -0.25) is 4.79 Å². The van der Waals surface area contributed by atoms with Crippen LogP contribution in [0.2, 0.25) is 0 Å². The molecule has 0 aromatic heterocycles. The molecule has 0 spiro atoms. The van der Waals surface area contributed by atoms with Gasteiger partial charge in [-0.25, -0.2) is 4.79 Å². The van der Waals surface area contributed by atoms with Gasteiger partial charge < -0.3 is 9.84 Å². The maximum atomic E-state index is 13.0. The smallest absolute Gasteiger partial charge is 0.429 e. The topological polar surface area (TPSA) is 63.6 Å². The van der Waals surface area contributed by atoms with Crippen molar-refractivity contribution in [2.75, 3.05) is 0 Å². The molecule has 0 heterocycles. The van der Waals surface area contributed by atoms with Gasteiger partial charge in [-0.05, 0) is 12.1 Å². The van der Waals surface area contributed by atoms with Crippen molar-refractivity contribution in [2.45, 2.75) is 24.9 Å². The van der Waals surface area contributed by atoms with Gasteiger partial charge in [-0.2, -0.15) is 26.3 Å². The van der Waals surface area contributed by atoms with Crippen molar-refractivity contribution < 1.29 is 45.8 Å². The summed E-state index contributed by atoms with van der Waals surface area (Å²) in [5.74, 6) is -3.12. The molecule has 1 aromatic carbocycles. The lowest BCUT2D eigenvalue weighted by Crippen LogP contribution is -2.26. The van der Waals surface area contributed by atoms with Crippen molar-refractivity contribution in [1.82, 2.24) is 0 Å². The summed E-state index contributed by atoms with van der Waals surface area (Å²) in [6, 6.07) is 1.89. The zero-order chi connectivity index (χ0) is 18.7. The monoisotopic (exact) mass is 356 g/mol. The van der Waals surface area contributed by atoms with E-state index in [0.717, 1.165) is 0 Å². The Morgan fingerprint density at radius 1 is 1.08 bits per heavy atom. The van der Waals surface area contributed by atoms with E-state index in [4.69, 9.17) is 5.11 Å². The Morgan fingerprint density at radius 2 is 1.58 bits per heavy atom. The maximum absolute atomic E-state index is 13.0. The minimum absolute atomic E-state index is 0.415. The third kappa shape index (κ3) is 5.28. The van der Waals surface area contributed by atoms with Crippen LogP contribution >= 0.6 is 0 Å². The van der Waals surface area contributed by atoms with Crippen LogP contribution in [0.3, 0.4) is 0 Å². The van der Waals surface area contributed by atoms with Crippen LogP contribution < -0.4 is 0 Å². The minimum atomic E-state index is -5.10. The molecule has 1 N–H and O–H groups in total. The fourth-order valence-corrected chi connectivity index (χ4v) is 1.59. The molecule has 0 saturated heterocycles. The molecule has 0 fully saturated rings. The van der Waals surface area contributed by atoms with Crippen molar-refractivity contribution in [3.63, 3.8) is 0 Å². The number of carbonyl (C=O) groups is 2. The fraction of sp³-hybridized carbons (Fsp3) is 0.286. The molecule has 24 heavy (non-hydrogen) atoms. The lowest BCUT2D eigenvalue weighted by atomic mass is 10.1. The SMILES string of the molecule is C=C(CC(=O)OC(c1ccc(C(F)(F)F)cc1)C(F)(F)F)C(=O)O. The average Bonchev–Trinajstić information content (AvgIpc) is 2.42. The Bertz CT molecular complexity index is 630. The van der Waals surface area contributed by atoms with Gasteiger partial charge in [0.1, 0.15) is 0 Å². The van der Waals surface area contributed by atoms with Crippen LogP contribution in [0.15, 0.2) is 36.4 Å². The molecule has 1 atom stereocenters. The second-order valence-corrected chi connectivity index (χ2v) is 4.62. The van der Waals surface area contributed by atoms with Gasteiger partial charge in [0, 0.05) is 11.1 Å². The van der Waals surface area contributed by atoms with E-state index in [1.165, 1.54) is 0 Å². The highest BCUT2D eigenvalue weighted by molar-refractivity contribution is 5.91. The number of hydrogen-bond acceptors (Lipinski definition) is 3. The minimum Gasteiger partial charge on any atom is -0.478 e. The van der Waals surface area contributed by atoms with Gasteiger partial charge in [-0.1, -0.05) is 18.7 Å². The van der Waals surface area contributed by atoms with Crippen molar-refractivity contribution in [1.29, 1.82) is 0 Å². The second-order valence-electron chi connectivity index (χ2n) is 4.62. The third-order valence-electron chi connectivity index (χ3n) is 2.75. The second kappa shape index (κ2) is 6.93. The standard InChI is InChI=1S/C14H10F6O4/c1-7(12(22)23)6-10(21)24-11(14(18,19)20)8-2-4-9(5-3-8)13(15,16)17/h2-5,11H,1,6H2,(H,22,23). The highest BCUT2D eigenvalue weighted by Gasteiger charge is 2.44. The predicted octanol–water partition coefficient (Wildman–Crippen LogP) is 3.88. The Morgan fingerprint density at radius 3 is 1.96 bits per heavy atom. The first kappa shape index (κ1) is 19.5. The van der Waals surface area contributed by atoms with E-state index in [-0.39, 0.29) is 0 Å². The van der Waals surface area contributed by atoms with Crippen LogP contribution in [0.1, 0.15) is 23.7 Å². The predicted molar refractivity (Wildman–Crippen MR) is 67.7 cm³/mol.